The van der Waals surface area contributed by atoms with Crippen molar-refractivity contribution < 1.29 is 9.53 Å². The van der Waals surface area contributed by atoms with Crippen LogP contribution in [0.5, 0.6) is 0 Å². The lowest BCUT2D eigenvalue weighted by Gasteiger charge is -2.24. The fourth-order valence-electron chi connectivity index (χ4n) is 2.02. The number of nitriles is 1. The molecule has 0 saturated carbocycles. The summed E-state index contributed by atoms with van der Waals surface area (Å²) in [6.45, 7) is 7.27. The van der Waals surface area contributed by atoms with Gasteiger partial charge < -0.3 is 15.0 Å². The highest BCUT2D eigenvalue weighted by Crippen LogP contribution is 2.17. The number of nitrogens with one attached hydrogen (secondary N) is 1. The third-order valence-electron chi connectivity index (χ3n) is 3.00. The summed E-state index contributed by atoms with van der Waals surface area (Å²) < 4.78 is 5.23. The summed E-state index contributed by atoms with van der Waals surface area (Å²) in [5, 5.41) is 12.0. The van der Waals surface area contributed by atoms with Crippen LogP contribution in [0, 0.1) is 17.2 Å². The highest BCUT2D eigenvalue weighted by atomic mass is 16.6. The van der Waals surface area contributed by atoms with Crippen molar-refractivity contribution in [2.45, 2.75) is 45.3 Å². The number of nitrogens with zero attached hydrogens (tertiary/aromatic N) is 2. The number of amides is 1. The molecule has 5 heteroatoms. The topological polar surface area (TPSA) is 65.4 Å². The molecule has 1 heterocycles. The average Bonchev–Trinajstić information content (AvgIpc) is 2.39. The van der Waals surface area contributed by atoms with Crippen LogP contribution in [0.4, 0.5) is 4.79 Å². The summed E-state index contributed by atoms with van der Waals surface area (Å²) in [7, 11) is 2.03. The van der Waals surface area contributed by atoms with Crippen molar-refractivity contribution in [1.29, 1.82) is 5.26 Å². The first kappa shape index (κ1) is 14.8. The maximum absolute atomic E-state index is 11.7. The molecule has 0 radical (unpaired) electrons. The van der Waals surface area contributed by atoms with Crippen molar-refractivity contribution in [3.63, 3.8) is 0 Å². The number of carbonyl (C=O) groups is 1. The Labute approximate surface area is 109 Å². The summed E-state index contributed by atoms with van der Waals surface area (Å²) in [5.74, 6) is -0.137. The summed E-state index contributed by atoms with van der Waals surface area (Å²) in [6.07, 6.45) is 1.14. The van der Waals surface area contributed by atoms with Crippen molar-refractivity contribution in [3.8, 4) is 6.07 Å². The summed E-state index contributed by atoms with van der Waals surface area (Å²) in [5.41, 5.74) is -0.506. The first-order valence-corrected chi connectivity index (χ1v) is 6.39. The third kappa shape index (κ3) is 4.92. The van der Waals surface area contributed by atoms with E-state index in [-0.39, 0.29) is 12.0 Å². The van der Waals surface area contributed by atoms with Crippen LogP contribution >= 0.6 is 0 Å². The zero-order chi connectivity index (χ0) is 13.8. The quantitative estimate of drug-likeness (QED) is 0.773. The van der Waals surface area contributed by atoms with Gasteiger partial charge in [0.2, 0.25) is 0 Å². The van der Waals surface area contributed by atoms with Crippen LogP contribution in [0.25, 0.3) is 0 Å². The highest BCUT2D eigenvalue weighted by Gasteiger charge is 2.28. The Morgan fingerprint density at radius 2 is 2.00 bits per heavy atom. The first-order valence-electron chi connectivity index (χ1n) is 6.39. The SMILES string of the molecule is CN1CC[C@H](C#N)[C@H](NC(=O)OC(C)(C)C)CC1. The van der Waals surface area contributed by atoms with Gasteiger partial charge in [-0.15, -0.1) is 0 Å². The fraction of sp³-hybridized carbons (Fsp3) is 0.846. The average molecular weight is 253 g/mol. The highest BCUT2D eigenvalue weighted by molar-refractivity contribution is 5.68. The number of likely N-dealkylation sites (tertiary alicyclic amines) is 1. The van der Waals surface area contributed by atoms with Crippen LogP contribution in [0.15, 0.2) is 0 Å². The predicted molar refractivity (Wildman–Crippen MR) is 69.0 cm³/mol. The van der Waals surface area contributed by atoms with Gasteiger partial charge in [0.15, 0.2) is 0 Å². The first-order chi connectivity index (χ1) is 8.31. The number of ether oxygens (including phenoxy) is 1. The maximum atomic E-state index is 11.7. The number of alkyl carbamates (subject to hydrolysis) is 1. The monoisotopic (exact) mass is 253 g/mol. The molecule has 1 aliphatic rings. The van der Waals surface area contributed by atoms with Gasteiger partial charge >= 0.3 is 6.09 Å². The number of rotatable bonds is 1. The smallest absolute Gasteiger partial charge is 0.407 e. The zero-order valence-electron chi connectivity index (χ0n) is 11.7. The lowest BCUT2D eigenvalue weighted by molar-refractivity contribution is 0.0491. The van der Waals surface area contributed by atoms with Gasteiger partial charge in [0, 0.05) is 6.04 Å². The Balaban J connectivity index is 2.57. The lowest BCUT2D eigenvalue weighted by Crippen LogP contribution is -2.42. The molecule has 18 heavy (non-hydrogen) atoms. The van der Waals surface area contributed by atoms with Crippen LogP contribution in [-0.4, -0.2) is 42.8 Å². The normalized spacial score (nSPS) is 25.9. The Kier molecular flexibility index (Phi) is 4.97. The molecule has 0 bridgehead atoms. The van der Waals surface area contributed by atoms with E-state index in [0.717, 1.165) is 25.9 Å². The van der Waals surface area contributed by atoms with E-state index in [0.29, 0.717) is 0 Å². The molecule has 5 nitrogen and oxygen atoms in total. The molecule has 0 unspecified atom stereocenters. The molecule has 1 aliphatic heterocycles. The van der Waals surface area contributed by atoms with Gasteiger partial charge in [-0.1, -0.05) is 0 Å². The van der Waals surface area contributed by atoms with Crippen LogP contribution in [0.2, 0.25) is 0 Å². The van der Waals surface area contributed by atoms with Crippen molar-refractivity contribution >= 4 is 6.09 Å². The van der Waals surface area contributed by atoms with Crippen LogP contribution in [0.3, 0.4) is 0 Å². The molecule has 102 valence electrons. The molecule has 1 rings (SSSR count). The summed E-state index contributed by atoms with van der Waals surface area (Å²) >= 11 is 0. The number of hydrogen-bond acceptors (Lipinski definition) is 4. The Bertz CT molecular complexity index is 330. The van der Waals surface area contributed by atoms with E-state index in [4.69, 9.17) is 10.00 Å². The molecule has 0 aliphatic carbocycles. The second kappa shape index (κ2) is 6.05. The maximum Gasteiger partial charge on any atom is 0.407 e. The van der Waals surface area contributed by atoms with Gasteiger partial charge in [-0.3, -0.25) is 0 Å². The zero-order valence-corrected chi connectivity index (χ0v) is 11.7. The number of carbonyl (C=O) groups excluding carboxylic acids is 1. The molecule has 1 fully saturated rings. The van der Waals surface area contributed by atoms with E-state index >= 15 is 0 Å². The molecular weight excluding hydrogens is 230 g/mol. The molecule has 1 amide bonds. The molecule has 1 saturated heterocycles. The minimum Gasteiger partial charge on any atom is -0.444 e. The number of hydrogen-bond donors (Lipinski definition) is 1. The standard InChI is InChI=1S/C13H23N3O2/c1-13(2,3)18-12(17)15-11-6-8-16(4)7-5-10(11)9-14/h10-11H,5-8H2,1-4H3,(H,15,17)/t10-,11-/m1/s1. The minimum atomic E-state index is -0.506. The van der Waals surface area contributed by atoms with Crippen LogP contribution in [0.1, 0.15) is 33.6 Å². The Hall–Kier alpha value is -1.28. The Morgan fingerprint density at radius 1 is 1.39 bits per heavy atom. The van der Waals surface area contributed by atoms with Crippen molar-refractivity contribution in [2.24, 2.45) is 5.92 Å². The van der Waals surface area contributed by atoms with Crippen molar-refractivity contribution in [2.75, 3.05) is 20.1 Å². The molecule has 2 atom stereocenters. The fourth-order valence-corrected chi connectivity index (χ4v) is 2.02. The Morgan fingerprint density at radius 3 is 2.56 bits per heavy atom. The van der Waals surface area contributed by atoms with Crippen molar-refractivity contribution in [1.82, 2.24) is 10.2 Å². The van der Waals surface area contributed by atoms with Gasteiger partial charge in [-0.05, 0) is 53.8 Å². The van der Waals surface area contributed by atoms with Crippen molar-refractivity contribution in [3.05, 3.63) is 0 Å². The van der Waals surface area contributed by atoms with E-state index < -0.39 is 11.7 Å². The molecule has 0 aromatic heterocycles. The molecule has 0 aromatic rings. The third-order valence-corrected chi connectivity index (χ3v) is 3.00. The second-order valence-electron chi connectivity index (χ2n) is 5.87. The van der Waals surface area contributed by atoms with Gasteiger partial charge in [0.05, 0.1) is 12.0 Å². The van der Waals surface area contributed by atoms with Crippen LogP contribution < -0.4 is 5.32 Å². The predicted octanol–water partition coefficient (Wildman–Crippen LogP) is 1.75. The molecular formula is C13H23N3O2. The largest absolute Gasteiger partial charge is 0.444 e. The van der Waals surface area contributed by atoms with E-state index in [2.05, 4.69) is 16.3 Å². The van der Waals surface area contributed by atoms with E-state index in [9.17, 15) is 4.79 Å². The van der Waals surface area contributed by atoms with Crippen LogP contribution in [-0.2, 0) is 4.74 Å². The second-order valence-corrected chi connectivity index (χ2v) is 5.87. The van der Waals surface area contributed by atoms with Gasteiger partial charge in [0.1, 0.15) is 5.60 Å². The minimum absolute atomic E-state index is 0.116. The van der Waals surface area contributed by atoms with Gasteiger partial charge in [-0.25, -0.2) is 4.79 Å². The van der Waals surface area contributed by atoms with E-state index in [1.54, 1.807) is 0 Å². The van der Waals surface area contributed by atoms with Gasteiger partial charge in [0.25, 0.3) is 0 Å². The molecule has 1 N–H and O–H groups in total. The summed E-state index contributed by atoms with van der Waals surface area (Å²) in [6, 6.07) is 2.17. The van der Waals surface area contributed by atoms with E-state index in [1.165, 1.54) is 0 Å². The summed E-state index contributed by atoms with van der Waals surface area (Å²) in [4.78, 5) is 13.9. The lowest BCUT2D eigenvalue weighted by atomic mass is 9.97. The molecule has 0 aromatic carbocycles. The van der Waals surface area contributed by atoms with E-state index in [1.807, 2.05) is 27.8 Å². The molecule has 0 spiro atoms. The van der Waals surface area contributed by atoms with Gasteiger partial charge in [-0.2, -0.15) is 5.26 Å².